The van der Waals surface area contributed by atoms with Crippen molar-refractivity contribution in [1.82, 2.24) is 9.55 Å². The Morgan fingerprint density at radius 3 is 2.57 bits per heavy atom. The average molecular weight is 308 g/mol. The van der Waals surface area contributed by atoms with Gasteiger partial charge >= 0.3 is 0 Å². The van der Waals surface area contributed by atoms with Crippen LogP contribution in [-0.4, -0.2) is 16.6 Å². The molecule has 0 aliphatic rings. The van der Waals surface area contributed by atoms with E-state index in [1.54, 1.807) is 43.3 Å². The summed E-state index contributed by atoms with van der Waals surface area (Å²) in [4.78, 5) is 18.3. The number of benzene rings is 1. The molecule has 0 saturated carbocycles. The summed E-state index contributed by atoms with van der Waals surface area (Å²) in [6.45, 7) is 0. The number of anilines is 2. The summed E-state index contributed by atoms with van der Waals surface area (Å²) < 4.78 is 14.6. The summed E-state index contributed by atoms with van der Waals surface area (Å²) in [5, 5.41) is 9.06. The predicted octanol–water partition coefficient (Wildman–Crippen LogP) is 2.71. The molecule has 3 aromatic rings. The van der Waals surface area contributed by atoms with Crippen molar-refractivity contribution < 1.29 is 4.39 Å². The first-order valence-corrected chi connectivity index (χ1v) is 6.91. The van der Waals surface area contributed by atoms with Crippen molar-refractivity contribution in [2.45, 2.75) is 0 Å². The number of fused-ring (bicyclic) bond motifs is 1. The SMILES string of the molecule is CN(c1ccc(F)cc1)c1cc(=O)n(C)c2ccc(C#N)nc12. The molecule has 0 bridgehead atoms. The van der Waals surface area contributed by atoms with E-state index in [-0.39, 0.29) is 17.1 Å². The van der Waals surface area contributed by atoms with Crippen LogP contribution in [0.3, 0.4) is 0 Å². The molecule has 23 heavy (non-hydrogen) atoms. The Morgan fingerprint density at radius 1 is 1.22 bits per heavy atom. The first-order valence-electron chi connectivity index (χ1n) is 6.91. The van der Waals surface area contributed by atoms with E-state index in [1.165, 1.54) is 22.8 Å². The average Bonchev–Trinajstić information content (AvgIpc) is 2.57. The van der Waals surface area contributed by atoms with Gasteiger partial charge in [0.05, 0.1) is 11.2 Å². The molecule has 2 aromatic heterocycles. The van der Waals surface area contributed by atoms with Crippen LogP contribution in [0.5, 0.6) is 0 Å². The quantitative estimate of drug-likeness (QED) is 0.730. The van der Waals surface area contributed by atoms with E-state index in [1.807, 2.05) is 6.07 Å². The van der Waals surface area contributed by atoms with Crippen LogP contribution in [0, 0.1) is 17.1 Å². The van der Waals surface area contributed by atoms with Crippen LogP contribution in [0.2, 0.25) is 0 Å². The molecule has 0 aliphatic heterocycles. The van der Waals surface area contributed by atoms with Crippen molar-refractivity contribution in [2.75, 3.05) is 11.9 Å². The molecule has 0 amide bonds. The van der Waals surface area contributed by atoms with E-state index in [4.69, 9.17) is 5.26 Å². The molecule has 0 fully saturated rings. The second-order valence-electron chi connectivity index (χ2n) is 5.14. The zero-order valence-corrected chi connectivity index (χ0v) is 12.6. The number of aryl methyl sites for hydroxylation is 1. The molecule has 3 rings (SSSR count). The fourth-order valence-corrected chi connectivity index (χ4v) is 2.43. The number of pyridine rings is 2. The van der Waals surface area contributed by atoms with E-state index in [9.17, 15) is 9.18 Å². The Balaban J connectivity index is 2.27. The van der Waals surface area contributed by atoms with Gasteiger partial charge in [0, 0.05) is 25.8 Å². The van der Waals surface area contributed by atoms with Crippen LogP contribution in [0.15, 0.2) is 47.3 Å². The van der Waals surface area contributed by atoms with Crippen molar-refractivity contribution in [1.29, 1.82) is 5.26 Å². The van der Waals surface area contributed by atoms with E-state index in [0.717, 1.165) is 0 Å². The second-order valence-corrected chi connectivity index (χ2v) is 5.14. The monoisotopic (exact) mass is 308 g/mol. The van der Waals surface area contributed by atoms with E-state index < -0.39 is 0 Å². The van der Waals surface area contributed by atoms with Gasteiger partial charge in [-0.1, -0.05) is 0 Å². The van der Waals surface area contributed by atoms with Crippen LogP contribution in [0.25, 0.3) is 11.0 Å². The van der Waals surface area contributed by atoms with Gasteiger partial charge in [0.1, 0.15) is 23.1 Å². The topological polar surface area (TPSA) is 61.9 Å². The third-order valence-electron chi connectivity index (χ3n) is 3.76. The maximum atomic E-state index is 13.1. The highest BCUT2D eigenvalue weighted by molar-refractivity contribution is 5.90. The van der Waals surface area contributed by atoms with Crippen LogP contribution in [-0.2, 0) is 7.05 Å². The predicted molar refractivity (Wildman–Crippen MR) is 86.2 cm³/mol. The van der Waals surface area contributed by atoms with Gasteiger partial charge in [-0.2, -0.15) is 5.26 Å². The van der Waals surface area contributed by atoms with Gasteiger partial charge in [-0.05, 0) is 36.4 Å². The first-order chi connectivity index (χ1) is 11.0. The molecule has 0 aliphatic carbocycles. The fraction of sp³-hybridized carbons (Fsp3) is 0.118. The number of aromatic nitrogens is 2. The largest absolute Gasteiger partial charge is 0.343 e. The van der Waals surface area contributed by atoms with E-state index >= 15 is 0 Å². The Bertz CT molecular complexity index is 986. The number of halogens is 1. The number of rotatable bonds is 2. The van der Waals surface area contributed by atoms with Gasteiger partial charge in [0.15, 0.2) is 0 Å². The number of hydrogen-bond acceptors (Lipinski definition) is 4. The molecule has 0 radical (unpaired) electrons. The Kier molecular flexibility index (Phi) is 3.54. The smallest absolute Gasteiger partial charge is 0.252 e. The lowest BCUT2D eigenvalue weighted by Gasteiger charge is -2.21. The molecule has 2 heterocycles. The van der Waals surface area contributed by atoms with Crippen molar-refractivity contribution in [3.05, 3.63) is 64.3 Å². The second kappa shape index (κ2) is 5.54. The standard InChI is InChI=1S/C17H13FN4O/c1-21(13-6-3-11(18)4-7-13)15-9-16(23)22(2)14-8-5-12(10-19)20-17(14)15/h3-9H,1-2H3. The molecular formula is C17H13FN4O. The fourth-order valence-electron chi connectivity index (χ4n) is 2.43. The normalized spacial score (nSPS) is 10.5. The minimum atomic E-state index is -0.333. The highest BCUT2D eigenvalue weighted by atomic mass is 19.1. The number of nitriles is 1. The minimum Gasteiger partial charge on any atom is -0.343 e. The highest BCUT2D eigenvalue weighted by Gasteiger charge is 2.14. The lowest BCUT2D eigenvalue weighted by Crippen LogP contribution is -2.20. The molecule has 0 saturated heterocycles. The van der Waals surface area contributed by atoms with Gasteiger partial charge in [-0.3, -0.25) is 4.79 Å². The third-order valence-corrected chi connectivity index (χ3v) is 3.76. The maximum Gasteiger partial charge on any atom is 0.252 e. The van der Waals surface area contributed by atoms with E-state index in [2.05, 4.69) is 4.98 Å². The van der Waals surface area contributed by atoms with Crippen molar-refractivity contribution >= 4 is 22.4 Å². The van der Waals surface area contributed by atoms with Crippen LogP contribution in [0.1, 0.15) is 5.69 Å². The van der Waals surface area contributed by atoms with Crippen LogP contribution in [0.4, 0.5) is 15.8 Å². The molecule has 5 nitrogen and oxygen atoms in total. The number of nitrogens with zero attached hydrogens (tertiary/aromatic N) is 4. The summed E-state index contributed by atoms with van der Waals surface area (Å²) in [6.07, 6.45) is 0. The van der Waals surface area contributed by atoms with Crippen LogP contribution >= 0.6 is 0 Å². The Labute approximate surface area is 131 Å². The summed E-state index contributed by atoms with van der Waals surface area (Å²) in [5.41, 5.74) is 2.52. The van der Waals surface area contributed by atoms with Gasteiger partial charge < -0.3 is 9.47 Å². The third kappa shape index (κ3) is 2.53. The molecule has 1 aromatic carbocycles. The maximum absolute atomic E-state index is 13.1. The molecular weight excluding hydrogens is 295 g/mol. The molecule has 0 N–H and O–H groups in total. The minimum absolute atomic E-state index is 0.187. The molecule has 114 valence electrons. The summed E-state index contributed by atoms with van der Waals surface area (Å²) >= 11 is 0. The van der Waals surface area contributed by atoms with Crippen molar-refractivity contribution in [3.63, 3.8) is 0 Å². The summed E-state index contributed by atoms with van der Waals surface area (Å²) in [7, 11) is 3.42. The molecule has 0 spiro atoms. The summed E-state index contributed by atoms with van der Waals surface area (Å²) in [6, 6.07) is 12.7. The van der Waals surface area contributed by atoms with E-state index in [0.29, 0.717) is 22.4 Å². The van der Waals surface area contributed by atoms with Gasteiger partial charge in [-0.15, -0.1) is 0 Å². The zero-order valence-electron chi connectivity index (χ0n) is 12.6. The van der Waals surface area contributed by atoms with Crippen LogP contribution < -0.4 is 10.5 Å². The van der Waals surface area contributed by atoms with Crippen molar-refractivity contribution in [3.8, 4) is 6.07 Å². The number of hydrogen-bond donors (Lipinski definition) is 0. The highest BCUT2D eigenvalue weighted by Crippen LogP contribution is 2.28. The lowest BCUT2D eigenvalue weighted by atomic mass is 10.2. The Hall–Kier alpha value is -3.20. The molecule has 0 atom stereocenters. The molecule has 6 heteroatoms. The lowest BCUT2D eigenvalue weighted by molar-refractivity contribution is 0.628. The first kappa shape index (κ1) is 14.7. The van der Waals surface area contributed by atoms with Crippen molar-refractivity contribution in [2.24, 2.45) is 7.05 Å². The zero-order chi connectivity index (χ0) is 16.6. The van der Waals surface area contributed by atoms with Gasteiger partial charge in [0.2, 0.25) is 0 Å². The molecule has 0 unspecified atom stereocenters. The Morgan fingerprint density at radius 2 is 1.91 bits per heavy atom. The van der Waals surface area contributed by atoms with Gasteiger partial charge in [0.25, 0.3) is 5.56 Å². The van der Waals surface area contributed by atoms with Gasteiger partial charge in [-0.25, -0.2) is 9.37 Å². The summed E-state index contributed by atoms with van der Waals surface area (Å²) in [5.74, 6) is -0.333.